The molecule has 1 amide bonds. The third-order valence-electron chi connectivity index (χ3n) is 5.06. The summed E-state index contributed by atoms with van der Waals surface area (Å²) in [5, 5.41) is 0.974. The number of carbonyl (C=O) groups is 1. The van der Waals surface area contributed by atoms with Gasteiger partial charge in [-0.2, -0.15) is 0 Å². The molecule has 0 atom stereocenters. The molecule has 4 rings (SSSR count). The maximum Gasteiger partial charge on any atom is 0.257 e. The van der Waals surface area contributed by atoms with Gasteiger partial charge >= 0.3 is 0 Å². The molecule has 1 fully saturated rings. The van der Waals surface area contributed by atoms with Crippen LogP contribution in [-0.2, 0) is 0 Å². The van der Waals surface area contributed by atoms with Gasteiger partial charge in [0.1, 0.15) is 17.2 Å². The largest absolute Gasteiger partial charge is 0.497 e. The van der Waals surface area contributed by atoms with Crippen molar-refractivity contribution in [1.29, 1.82) is 0 Å². The number of benzene rings is 2. The average molecular weight is 413 g/mol. The van der Waals surface area contributed by atoms with Gasteiger partial charge in [-0.25, -0.2) is 4.98 Å². The Morgan fingerprint density at radius 3 is 2.31 bits per heavy atom. The first-order chi connectivity index (χ1) is 14.1. The minimum atomic E-state index is -0.0295. The van der Waals surface area contributed by atoms with Gasteiger partial charge in [-0.1, -0.05) is 11.3 Å². The number of piperazine rings is 1. The maximum absolute atomic E-state index is 13.0. The molecule has 0 saturated carbocycles. The summed E-state index contributed by atoms with van der Waals surface area (Å²) in [5.41, 5.74) is 1.51. The molecular formula is C21H23N3O4S. The van der Waals surface area contributed by atoms with Crippen molar-refractivity contribution in [1.82, 2.24) is 9.88 Å². The zero-order valence-corrected chi connectivity index (χ0v) is 17.5. The van der Waals surface area contributed by atoms with E-state index in [0.29, 0.717) is 30.2 Å². The molecule has 152 valence electrons. The predicted octanol–water partition coefficient (Wildman–Crippen LogP) is 3.28. The van der Waals surface area contributed by atoms with Crippen LogP contribution in [-0.4, -0.2) is 63.3 Å². The lowest BCUT2D eigenvalue weighted by Gasteiger charge is -2.34. The summed E-state index contributed by atoms with van der Waals surface area (Å²) in [4.78, 5) is 21.8. The molecule has 0 N–H and O–H groups in total. The molecule has 1 aromatic heterocycles. The summed E-state index contributed by atoms with van der Waals surface area (Å²) < 4.78 is 17.0. The van der Waals surface area contributed by atoms with Gasteiger partial charge in [-0.05, 0) is 30.3 Å². The molecule has 2 heterocycles. The SMILES string of the molecule is COc1ccc(C(=O)N2CCN(c3nc4ccc(OC)cc4s3)CC2)c(OC)c1. The van der Waals surface area contributed by atoms with E-state index in [1.165, 1.54) is 0 Å². The van der Waals surface area contributed by atoms with Crippen LogP contribution in [0.25, 0.3) is 10.2 Å². The normalized spacial score (nSPS) is 14.2. The van der Waals surface area contributed by atoms with Gasteiger partial charge in [0.25, 0.3) is 5.91 Å². The van der Waals surface area contributed by atoms with E-state index in [0.717, 1.165) is 34.2 Å². The zero-order valence-electron chi connectivity index (χ0n) is 16.7. The molecule has 1 saturated heterocycles. The molecule has 0 unspecified atom stereocenters. The Labute approximate surface area is 173 Å². The Bertz CT molecular complexity index is 1030. The molecule has 1 aliphatic rings. The van der Waals surface area contributed by atoms with Crippen molar-refractivity contribution in [3.8, 4) is 17.2 Å². The minimum Gasteiger partial charge on any atom is -0.497 e. The third kappa shape index (κ3) is 3.80. The number of rotatable bonds is 5. The van der Waals surface area contributed by atoms with Crippen LogP contribution in [0.5, 0.6) is 17.2 Å². The second-order valence-corrected chi connectivity index (χ2v) is 7.68. The van der Waals surface area contributed by atoms with Crippen molar-refractivity contribution >= 4 is 32.6 Å². The summed E-state index contributed by atoms with van der Waals surface area (Å²) in [6.45, 7) is 2.74. The molecule has 1 aliphatic heterocycles. The van der Waals surface area contributed by atoms with Gasteiger partial charge in [0.15, 0.2) is 5.13 Å². The number of hydrogen-bond donors (Lipinski definition) is 0. The van der Waals surface area contributed by atoms with Gasteiger partial charge in [-0.3, -0.25) is 4.79 Å². The number of anilines is 1. The molecule has 0 bridgehead atoms. The third-order valence-corrected chi connectivity index (χ3v) is 6.14. The van der Waals surface area contributed by atoms with Gasteiger partial charge in [0.2, 0.25) is 0 Å². The molecule has 8 heteroatoms. The average Bonchev–Trinajstić information content (AvgIpc) is 3.21. The number of methoxy groups -OCH3 is 3. The van der Waals surface area contributed by atoms with Crippen LogP contribution in [0.4, 0.5) is 5.13 Å². The van der Waals surface area contributed by atoms with E-state index in [2.05, 4.69) is 4.90 Å². The molecule has 3 aromatic rings. The standard InChI is InChI=1S/C21H23N3O4S/c1-26-14-4-6-16(18(12-14)28-3)20(25)23-8-10-24(11-9-23)21-22-17-7-5-15(27-2)13-19(17)29-21/h4-7,12-13H,8-11H2,1-3H3. The highest BCUT2D eigenvalue weighted by Crippen LogP contribution is 2.32. The number of nitrogens with zero attached hydrogens (tertiary/aromatic N) is 3. The number of ether oxygens (including phenoxy) is 3. The molecule has 0 radical (unpaired) electrons. The van der Waals surface area contributed by atoms with Crippen LogP contribution in [0.1, 0.15) is 10.4 Å². The zero-order chi connectivity index (χ0) is 20.4. The van der Waals surface area contributed by atoms with Gasteiger partial charge < -0.3 is 24.0 Å². The Hall–Kier alpha value is -3.00. The summed E-state index contributed by atoms with van der Waals surface area (Å²) in [7, 11) is 4.82. The number of aromatic nitrogens is 1. The Morgan fingerprint density at radius 1 is 0.931 bits per heavy atom. The fourth-order valence-corrected chi connectivity index (χ4v) is 4.45. The first kappa shape index (κ1) is 19.3. The monoisotopic (exact) mass is 413 g/mol. The minimum absolute atomic E-state index is 0.0295. The highest BCUT2D eigenvalue weighted by molar-refractivity contribution is 7.22. The lowest BCUT2D eigenvalue weighted by Crippen LogP contribution is -2.48. The second kappa shape index (κ2) is 8.16. The fourth-order valence-electron chi connectivity index (χ4n) is 3.40. The number of thiazole rings is 1. The molecule has 0 spiro atoms. The van der Waals surface area contributed by atoms with Gasteiger partial charge in [0, 0.05) is 32.2 Å². The van der Waals surface area contributed by atoms with Crippen molar-refractivity contribution in [2.45, 2.75) is 0 Å². The number of carbonyl (C=O) groups excluding carboxylic acids is 1. The summed E-state index contributed by atoms with van der Waals surface area (Å²) in [6, 6.07) is 11.2. The van der Waals surface area contributed by atoms with Crippen molar-refractivity contribution in [2.75, 3.05) is 52.4 Å². The van der Waals surface area contributed by atoms with Crippen LogP contribution >= 0.6 is 11.3 Å². The van der Waals surface area contributed by atoms with Crippen molar-refractivity contribution < 1.29 is 19.0 Å². The van der Waals surface area contributed by atoms with E-state index in [1.54, 1.807) is 50.9 Å². The van der Waals surface area contributed by atoms with Gasteiger partial charge in [0.05, 0.1) is 37.1 Å². The van der Waals surface area contributed by atoms with E-state index in [9.17, 15) is 4.79 Å². The van der Waals surface area contributed by atoms with E-state index >= 15 is 0 Å². The molecule has 2 aromatic carbocycles. The van der Waals surface area contributed by atoms with Crippen LogP contribution in [0.2, 0.25) is 0 Å². The van der Waals surface area contributed by atoms with E-state index < -0.39 is 0 Å². The van der Waals surface area contributed by atoms with Crippen molar-refractivity contribution in [3.05, 3.63) is 42.0 Å². The molecule has 0 aliphatic carbocycles. The van der Waals surface area contributed by atoms with Crippen LogP contribution in [0.3, 0.4) is 0 Å². The predicted molar refractivity (Wildman–Crippen MR) is 114 cm³/mol. The number of amides is 1. The van der Waals surface area contributed by atoms with Crippen LogP contribution < -0.4 is 19.1 Å². The van der Waals surface area contributed by atoms with Crippen LogP contribution in [0, 0.1) is 0 Å². The highest BCUT2D eigenvalue weighted by atomic mass is 32.1. The van der Waals surface area contributed by atoms with E-state index in [1.807, 2.05) is 23.1 Å². The molecule has 7 nitrogen and oxygen atoms in total. The second-order valence-electron chi connectivity index (χ2n) is 6.68. The quantitative estimate of drug-likeness (QED) is 0.640. The molecule has 29 heavy (non-hydrogen) atoms. The lowest BCUT2D eigenvalue weighted by molar-refractivity contribution is 0.0743. The first-order valence-corrected chi connectivity index (χ1v) is 10.2. The fraction of sp³-hybridized carbons (Fsp3) is 0.333. The summed E-state index contributed by atoms with van der Waals surface area (Å²) >= 11 is 1.65. The Kier molecular flexibility index (Phi) is 5.44. The summed E-state index contributed by atoms with van der Waals surface area (Å²) in [6.07, 6.45) is 0. The number of fused-ring (bicyclic) bond motifs is 1. The van der Waals surface area contributed by atoms with E-state index in [4.69, 9.17) is 19.2 Å². The lowest BCUT2D eigenvalue weighted by atomic mass is 10.1. The Balaban J connectivity index is 1.46. The van der Waals surface area contributed by atoms with Crippen molar-refractivity contribution in [3.63, 3.8) is 0 Å². The van der Waals surface area contributed by atoms with E-state index in [-0.39, 0.29) is 5.91 Å². The summed E-state index contributed by atoms with van der Waals surface area (Å²) in [5.74, 6) is 1.99. The molecular weight excluding hydrogens is 390 g/mol. The maximum atomic E-state index is 13.0. The Morgan fingerprint density at radius 2 is 1.62 bits per heavy atom. The first-order valence-electron chi connectivity index (χ1n) is 9.33. The smallest absolute Gasteiger partial charge is 0.257 e. The highest BCUT2D eigenvalue weighted by Gasteiger charge is 2.26. The van der Waals surface area contributed by atoms with Crippen molar-refractivity contribution in [2.24, 2.45) is 0 Å². The topological polar surface area (TPSA) is 64.1 Å². The van der Waals surface area contributed by atoms with Crippen LogP contribution in [0.15, 0.2) is 36.4 Å². The van der Waals surface area contributed by atoms with Gasteiger partial charge in [-0.15, -0.1) is 0 Å². The number of hydrogen-bond acceptors (Lipinski definition) is 7.